The van der Waals surface area contributed by atoms with E-state index in [1.165, 1.54) is 0 Å². The van der Waals surface area contributed by atoms with Crippen LogP contribution in [0.25, 0.3) is 0 Å². The standard InChI is InChI=1S/C15H21BrFNO/c1-9-6-13(7-10(2)19-9)18-11(3)12-4-5-14(16)15(17)8-12/h4-5,8-11,13,18H,6-7H2,1-3H3/t9-,10+,11-,13?/m0/s1. The van der Waals surface area contributed by atoms with Crippen molar-refractivity contribution in [1.29, 1.82) is 0 Å². The maximum absolute atomic E-state index is 13.5. The van der Waals surface area contributed by atoms with Gasteiger partial charge in [0.25, 0.3) is 0 Å². The number of halogens is 2. The van der Waals surface area contributed by atoms with Gasteiger partial charge in [-0.3, -0.25) is 0 Å². The molecule has 106 valence electrons. The molecule has 1 heterocycles. The van der Waals surface area contributed by atoms with Crippen LogP contribution in [0.4, 0.5) is 4.39 Å². The summed E-state index contributed by atoms with van der Waals surface area (Å²) in [5, 5.41) is 3.58. The molecule has 2 nitrogen and oxygen atoms in total. The van der Waals surface area contributed by atoms with Gasteiger partial charge in [0, 0.05) is 12.1 Å². The first-order chi connectivity index (χ1) is 8.95. The van der Waals surface area contributed by atoms with E-state index in [1.807, 2.05) is 6.07 Å². The average molecular weight is 330 g/mol. The Labute approximate surface area is 122 Å². The molecule has 2 rings (SSSR count). The Morgan fingerprint density at radius 1 is 1.32 bits per heavy atom. The zero-order valence-electron chi connectivity index (χ0n) is 11.6. The molecule has 1 aliphatic rings. The SMILES string of the molecule is C[C@@H]1CC(N[C@@H](C)c2ccc(Br)c(F)c2)C[C@H](C)O1. The fourth-order valence-corrected chi connectivity index (χ4v) is 3.02. The largest absolute Gasteiger partial charge is 0.375 e. The first-order valence-corrected chi connectivity index (χ1v) is 7.61. The van der Waals surface area contributed by atoms with E-state index in [-0.39, 0.29) is 24.1 Å². The number of hydrogen-bond donors (Lipinski definition) is 1. The molecule has 0 spiro atoms. The van der Waals surface area contributed by atoms with E-state index < -0.39 is 0 Å². The van der Waals surface area contributed by atoms with Gasteiger partial charge in [-0.15, -0.1) is 0 Å². The van der Waals surface area contributed by atoms with Gasteiger partial charge in [0.15, 0.2) is 0 Å². The van der Waals surface area contributed by atoms with Crippen molar-refractivity contribution in [1.82, 2.24) is 5.32 Å². The first kappa shape index (κ1) is 14.9. The molecule has 1 aliphatic heterocycles. The summed E-state index contributed by atoms with van der Waals surface area (Å²) >= 11 is 3.18. The Hall–Kier alpha value is -0.450. The molecule has 0 amide bonds. The third-order valence-corrected chi connectivity index (χ3v) is 4.27. The summed E-state index contributed by atoms with van der Waals surface area (Å²) in [5.74, 6) is -0.208. The van der Waals surface area contributed by atoms with Crippen LogP contribution in [-0.2, 0) is 4.74 Å². The number of nitrogens with one attached hydrogen (secondary N) is 1. The lowest BCUT2D eigenvalue weighted by atomic mass is 9.98. The highest BCUT2D eigenvalue weighted by Crippen LogP contribution is 2.24. The van der Waals surface area contributed by atoms with Gasteiger partial charge in [0.2, 0.25) is 0 Å². The van der Waals surface area contributed by atoms with Gasteiger partial charge in [-0.05, 0) is 67.2 Å². The number of hydrogen-bond acceptors (Lipinski definition) is 2. The molecule has 1 aromatic carbocycles. The predicted molar refractivity (Wildman–Crippen MR) is 78.7 cm³/mol. The molecule has 0 saturated carbocycles. The van der Waals surface area contributed by atoms with Crippen molar-refractivity contribution in [2.45, 2.75) is 57.9 Å². The lowest BCUT2D eigenvalue weighted by Gasteiger charge is -2.34. The quantitative estimate of drug-likeness (QED) is 0.897. The minimum Gasteiger partial charge on any atom is -0.375 e. The van der Waals surface area contributed by atoms with Crippen LogP contribution in [0.5, 0.6) is 0 Å². The summed E-state index contributed by atoms with van der Waals surface area (Å²) in [4.78, 5) is 0. The molecular weight excluding hydrogens is 309 g/mol. The summed E-state index contributed by atoms with van der Waals surface area (Å²) in [6.07, 6.45) is 2.59. The summed E-state index contributed by atoms with van der Waals surface area (Å²) < 4.78 is 19.8. The van der Waals surface area contributed by atoms with Crippen molar-refractivity contribution < 1.29 is 9.13 Å². The van der Waals surface area contributed by atoms with Gasteiger partial charge in [-0.25, -0.2) is 4.39 Å². The van der Waals surface area contributed by atoms with Crippen LogP contribution in [0.1, 0.15) is 45.2 Å². The smallest absolute Gasteiger partial charge is 0.137 e. The normalized spacial score (nSPS) is 29.2. The molecule has 0 aromatic heterocycles. The number of rotatable bonds is 3. The average Bonchev–Trinajstić information content (AvgIpc) is 2.31. The van der Waals surface area contributed by atoms with Crippen molar-refractivity contribution in [2.75, 3.05) is 0 Å². The molecule has 0 aliphatic carbocycles. The van der Waals surface area contributed by atoms with Crippen molar-refractivity contribution in [3.05, 3.63) is 34.1 Å². The molecule has 1 unspecified atom stereocenters. The highest BCUT2D eigenvalue weighted by Gasteiger charge is 2.25. The van der Waals surface area contributed by atoms with E-state index in [0.29, 0.717) is 10.5 Å². The lowest BCUT2D eigenvalue weighted by molar-refractivity contribution is -0.0433. The third-order valence-electron chi connectivity index (χ3n) is 3.63. The monoisotopic (exact) mass is 329 g/mol. The zero-order chi connectivity index (χ0) is 14.0. The van der Waals surface area contributed by atoms with Crippen LogP contribution in [0.15, 0.2) is 22.7 Å². The van der Waals surface area contributed by atoms with Gasteiger partial charge in [0.05, 0.1) is 16.7 Å². The predicted octanol–water partition coefficient (Wildman–Crippen LogP) is 4.19. The van der Waals surface area contributed by atoms with E-state index in [2.05, 4.69) is 42.0 Å². The molecule has 19 heavy (non-hydrogen) atoms. The van der Waals surface area contributed by atoms with Crippen molar-refractivity contribution in [3.8, 4) is 0 Å². The maximum atomic E-state index is 13.5. The van der Waals surface area contributed by atoms with Crippen LogP contribution in [0, 0.1) is 5.82 Å². The molecular formula is C15H21BrFNO. The fraction of sp³-hybridized carbons (Fsp3) is 0.600. The molecule has 4 atom stereocenters. The Balaban J connectivity index is 2.00. The molecule has 1 fully saturated rings. The molecule has 1 aromatic rings. The van der Waals surface area contributed by atoms with Gasteiger partial charge >= 0.3 is 0 Å². The van der Waals surface area contributed by atoms with Crippen LogP contribution in [0.3, 0.4) is 0 Å². The topological polar surface area (TPSA) is 21.3 Å². The van der Waals surface area contributed by atoms with E-state index in [4.69, 9.17) is 4.74 Å². The van der Waals surface area contributed by atoms with Gasteiger partial charge in [0.1, 0.15) is 5.82 Å². The van der Waals surface area contributed by atoms with Gasteiger partial charge in [-0.1, -0.05) is 6.07 Å². The Morgan fingerprint density at radius 2 is 1.95 bits per heavy atom. The third kappa shape index (κ3) is 4.01. The Kier molecular flexibility index (Phi) is 4.98. The lowest BCUT2D eigenvalue weighted by Crippen LogP contribution is -2.42. The highest BCUT2D eigenvalue weighted by atomic mass is 79.9. The van der Waals surface area contributed by atoms with Crippen molar-refractivity contribution >= 4 is 15.9 Å². The Morgan fingerprint density at radius 3 is 2.53 bits per heavy atom. The number of ether oxygens (including phenoxy) is 1. The molecule has 0 radical (unpaired) electrons. The maximum Gasteiger partial charge on any atom is 0.137 e. The molecule has 1 N–H and O–H groups in total. The van der Waals surface area contributed by atoms with Crippen LogP contribution < -0.4 is 5.32 Å². The minimum atomic E-state index is -0.208. The second kappa shape index (κ2) is 6.33. The zero-order valence-corrected chi connectivity index (χ0v) is 13.2. The van der Waals surface area contributed by atoms with E-state index in [9.17, 15) is 4.39 Å². The summed E-state index contributed by atoms with van der Waals surface area (Å²) in [7, 11) is 0. The second-order valence-corrected chi connectivity index (χ2v) is 6.34. The molecule has 0 bridgehead atoms. The summed E-state index contributed by atoms with van der Waals surface area (Å²) in [5.41, 5.74) is 0.979. The van der Waals surface area contributed by atoms with E-state index in [1.54, 1.807) is 12.1 Å². The van der Waals surface area contributed by atoms with E-state index >= 15 is 0 Å². The van der Waals surface area contributed by atoms with Gasteiger partial charge in [-0.2, -0.15) is 0 Å². The van der Waals surface area contributed by atoms with Gasteiger partial charge < -0.3 is 10.1 Å². The van der Waals surface area contributed by atoms with Crippen LogP contribution in [0.2, 0.25) is 0 Å². The van der Waals surface area contributed by atoms with Crippen LogP contribution in [-0.4, -0.2) is 18.2 Å². The van der Waals surface area contributed by atoms with Crippen molar-refractivity contribution in [3.63, 3.8) is 0 Å². The molecule has 1 saturated heterocycles. The van der Waals surface area contributed by atoms with E-state index in [0.717, 1.165) is 18.4 Å². The summed E-state index contributed by atoms with van der Waals surface area (Å²) in [6, 6.07) is 5.88. The minimum absolute atomic E-state index is 0.144. The summed E-state index contributed by atoms with van der Waals surface area (Å²) in [6.45, 7) is 6.29. The highest BCUT2D eigenvalue weighted by molar-refractivity contribution is 9.10. The van der Waals surface area contributed by atoms with Crippen LogP contribution >= 0.6 is 15.9 Å². The fourth-order valence-electron chi connectivity index (χ4n) is 2.77. The first-order valence-electron chi connectivity index (χ1n) is 6.82. The number of benzene rings is 1. The molecule has 4 heteroatoms. The second-order valence-electron chi connectivity index (χ2n) is 5.49. The Bertz CT molecular complexity index is 430. The van der Waals surface area contributed by atoms with Crippen molar-refractivity contribution in [2.24, 2.45) is 0 Å².